The number of carbonyl (C=O) groups excluding carboxylic acids is 1. The highest BCUT2D eigenvalue weighted by molar-refractivity contribution is 7.89. The summed E-state index contributed by atoms with van der Waals surface area (Å²) in [6.07, 6.45) is 3.01. The molecule has 3 rings (SSSR count). The van der Waals surface area contributed by atoms with Crippen LogP contribution in [0.4, 0.5) is 0 Å². The van der Waals surface area contributed by atoms with Gasteiger partial charge in [0.25, 0.3) is 0 Å². The van der Waals surface area contributed by atoms with Gasteiger partial charge in [0, 0.05) is 29.7 Å². The Morgan fingerprint density at radius 1 is 1.03 bits per heavy atom. The van der Waals surface area contributed by atoms with Crippen molar-refractivity contribution in [1.82, 2.24) is 9.62 Å². The van der Waals surface area contributed by atoms with Gasteiger partial charge in [-0.3, -0.25) is 4.79 Å². The number of nitrogens with zero attached hydrogens (tertiary/aromatic N) is 1. The van der Waals surface area contributed by atoms with Crippen LogP contribution in [0.2, 0.25) is 10.0 Å². The Balaban J connectivity index is 1.51. The summed E-state index contributed by atoms with van der Waals surface area (Å²) in [5.74, 6) is -0.418. The molecule has 0 aromatic heterocycles. The predicted octanol–water partition coefficient (Wildman–Crippen LogP) is 4.14. The third-order valence-electron chi connectivity index (χ3n) is 5.06. The second-order valence-corrected chi connectivity index (χ2v) is 9.99. The lowest BCUT2D eigenvalue weighted by atomic mass is 9.99. The number of carbonyl (C=O) groups is 1. The van der Waals surface area contributed by atoms with Crippen LogP contribution in [-0.2, 0) is 21.2 Å². The van der Waals surface area contributed by atoms with Crippen LogP contribution in [0.15, 0.2) is 53.4 Å². The number of hydrogen-bond donors (Lipinski definition) is 1. The van der Waals surface area contributed by atoms with Crippen molar-refractivity contribution in [3.8, 4) is 0 Å². The number of benzene rings is 2. The molecule has 5 nitrogen and oxygen atoms in total. The lowest BCUT2D eigenvalue weighted by Gasteiger charge is -2.31. The van der Waals surface area contributed by atoms with Crippen LogP contribution in [0.25, 0.3) is 0 Å². The molecule has 29 heavy (non-hydrogen) atoms. The number of halogens is 2. The molecule has 1 fully saturated rings. The fraction of sp³-hybridized carbons (Fsp3) is 0.381. The minimum Gasteiger partial charge on any atom is -0.356 e. The van der Waals surface area contributed by atoms with E-state index in [-0.39, 0.29) is 23.3 Å². The Labute approximate surface area is 182 Å². The van der Waals surface area contributed by atoms with Crippen molar-refractivity contribution in [2.75, 3.05) is 19.6 Å². The SMILES string of the molecule is O=C(NCCCc1ccc(Cl)cc1)[C@H]1CCCN(S(=O)(=O)c2ccc(Cl)cc2)C1. The van der Waals surface area contributed by atoms with E-state index in [1.54, 1.807) is 12.1 Å². The highest BCUT2D eigenvalue weighted by Gasteiger charge is 2.33. The molecule has 2 aromatic rings. The number of hydrogen-bond acceptors (Lipinski definition) is 3. The molecule has 0 spiro atoms. The minimum atomic E-state index is -3.63. The zero-order valence-corrected chi connectivity index (χ0v) is 18.3. The monoisotopic (exact) mass is 454 g/mol. The Hall–Kier alpha value is -1.60. The molecular weight excluding hydrogens is 431 g/mol. The van der Waals surface area contributed by atoms with Gasteiger partial charge in [0.15, 0.2) is 0 Å². The third-order valence-corrected chi connectivity index (χ3v) is 7.44. The van der Waals surface area contributed by atoms with Gasteiger partial charge in [0.1, 0.15) is 0 Å². The molecule has 1 heterocycles. The molecule has 1 amide bonds. The van der Waals surface area contributed by atoms with Crippen molar-refractivity contribution in [2.24, 2.45) is 5.92 Å². The second kappa shape index (κ2) is 9.94. The van der Waals surface area contributed by atoms with Crippen molar-refractivity contribution in [3.63, 3.8) is 0 Å². The van der Waals surface area contributed by atoms with Gasteiger partial charge in [0.05, 0.1) is 10.8 Å². The number of nitrogens with one attached hydrogen (secondary N) is 1. The fourth-order valence-electron chi connectivity index (χ4n) is 3.43. The Bertz CT molecular complexity index is 931. The summed E-state index contributed by atoms with van der Waals surface area (Å²) in [5.41, 5.74) is 1.17. The average Bonchev–Trinajstić information content (AvgIpc) is 2.73. The first-order chi connectivity index (χ1) is 13.9. The molecule has 1 atom stereocenters. The number of sulfonamides is 1. The first-order valence-corrected chi connectivity index (χ1v) is 11.8. The topological polar surface area (TPSA) is 66.5 Å². The van der Waals surface area contributed by atoms with Gasteiger partial charge >= 0.3 is 0 Å². The Morgan fingerprint density at radius 2 is 1.66 bits per heavy atom. The van der Waals surface area contributed by atoms with Crippen LogP contribution < -0.4 is 5.32 Å². The number of aryl methyl sites for hydroxylation is 1. The van der Waals surface area contributed by atoms with Gasteiger partial charge in [0.2, 0.25) is 15.9 Å². The number of rotatable bonds is 7. The minimum absolute atomic E-state index is 0.0860. The molecule has 0 aliphatic carbocycles. The van der Waals surface area contributed by atoms with Crippen LogP contribution in [0.5, 0.6) is 0 Å². The van der Waals surface area contributed by atoms with Gasteiger partial charge in [-0.15, -0.1) is 0 Å². The molecule has 0 unspecified atom stereocenters. The summed E-state index contributed by atoms with van der Waals surface area (Å²) >= 11 is 11.7. The summed E-state index contributed by atoms with van der Waals surface area (Å²) in [6.45, 7) is 1.18. The smallest absolute Gasteiger partial charge is 0.243 e. The number of piperidine rings is 1. The maximum absolute atomic E-state index is 12.8. The van der Waals surface area contributed by atoms with Gasteiger partial charge in [-0.1, -0.05) is 35.3 Å². The second-order valence-electron chi connectivity index (χ2n) is 7.18. The standard InChI is InChI=1S/C21H24Cl2N2O3S/c22-18-7-5-16(6-8-18)3-1-13-24-21(26)17-4-2-14-25(15-17)29(27,28)20-11-9-19(23)10-12-20/h5-12,17H,1-4,13-15H2,(H,24,26)/t17-/m0/s1. The van der Waals surface area contributed by atoms with E-state index in [1.807, 2.05) is 24.3 Å². The molecule has 1 aliphatic heterocycles. The van der Waals surface area contributed by atoms with Crippen LogP contribution in [0.3, 0.4) is 0 Å². The molecule has 0 bridgehead atoms. The van der Waals surface area contributed by atoms with E-state index < -0.39 is 10.0 Å². The zero-order valence-electron chi connectivity index (χ0n) is 16.0. The molecule has 156 valence electrons. The summed E-state index contributed by atoms with van der Waals surface area (Å²) in [6, 6.07) is 13.8. The van der Waals surface area contributed by atoms with Gasteiger partial charge in [-0.25, -0.2) is 8.42 Å². The molecular formula is C21H24Cl2N2O3S. The van der Waals surface area contributed by atoms with Crippen molar-refractivity contribution >= 4 is 39.1 Å². The molecule has 1 saturated heterocycles. The first-order valence-electron chi connectivity index (χ1n) is 9.64. The Morgan fingerprint density at radius 3 is 2.31 bits per heavy atom. The van der Waals surface area contributed by atoms with Crippen molar-refractivity contribution < 1.29 is 13.2 Å². The van der Waals surface area contributed by atoms with E-state index in [0.717, 1.165) is 12.8 Å². The van der Waals surface area contributed by atoms with Gasteiger partial charge in [-0.05, 0) is 67.6 Å². The van der Waals surface area contributed by atoms with Crippen molar-refractivity contribution in [2.45, 2.75) is 30.6 Å². The molecule has 0 radical (unpaired) electrons. The van der Waals surface area contributed by atoms with E-state index in [4.69, 9.17) is 23.2 Å². The fourth-order valence-corrected chi connectivity index (χ4v) is 5.21. The summed E-state index contributed by atoms with van der Waals surface area (Å²) in [4.78, 5) is 12.7. The van der Waals surface area contributed by atoms with Crippen LogP contribution >= 0.6 is 23.2 Å². The number of amides is 1. The highest BCUT2D eigenvalue weighted by atomic mass is 35.5. The summed E-state index contributed by atoms with van der Waals surface area (Å²) < 4.78 is 27.1. The predicted molar refractivity (Wildman–Crippen MR) is 116 cm³/mol. The Kier molecular flexibility index (Phi) is 7.57. The van der Waals surface area contributed by atoms with E-state index in [1.165, 1.54) is 22.0 Å². The first kappa shape index (κ1) is 22.1. The molecule has 1 N–H and O–H groups in total. The molecule has 2 aromatic carbocycles. The largest absolute Gasteiger partial charge is 0.356 e. The average molecular weight is 455 g/mol. The molecule has 8 heteroatoms. The normalized spacial score (nSPS) is 17.8. The molecule has 0 saturated carbocycles. The summed E-state index contributed by atoms with van der Waals surface area (Å²) in [7, 11) is -3.63. The van der Waals surface area contributed by atoms with E-state index in [2.05, 4.69) is 5.32 Å². The lowest BCUT2D eigenvalue weighted by molar-refractivity contribution is -0.126. The van der Waals surface area contributed by atoms with E-state index >= 15 is 0 Å². The molecule has 1 aliphatic rings. The van der Waals surface area contributed by atoms with Crippen molar-refractivity contribution in [1.29, 1.82) is 0 Å². The van der Waals surface area contributed by atoms with E-state index in [9.17, 15) is 13.2 Å². The van der Waals surface area contributed by atoms with Gasteiger partial charge < -0.3 is 5.32 Å². The zero-order chi connectivity index (χ0) is 20.9. The maximum atomic E-state index is 12.8. The van der Waals surface area contributed by atoms with Crippen LogP contribution in [0.1, 0.15) is 24.8 Å². The lowest BCUT2D eigenvalue weighted by Crippen LogP contribution is -2.45. The summed E-state index contributed by atoms with van der Waals surface area (Å²) in [5, 5.41) is 4.14. The van der Waals surface area contributed by atoms with Crippen molar-refractivity contribution in [3.05, 3.63) is 64.1 Å². The quantitative estimate of drug-likeness (QED) is 0.639. The van der Waals surface area contributed by atoms with Gasteiger partial charge in [-0.2, -0.15) is 4.31 Å². The van der Waals surface area contributed by atoms with Crippen LogP contribution in [0, 0.1) is 5.92 Å². The maximum Gasteiger partial charge on any atom is 0.243 e. The van der Waals surface area contributed by atoms with Crippen LogP contribution in [-0.4, -0.2) is 38.3 Å². The third kappa shape index (κ3) is 5.95. The highest BCUT2D eigenvalue weighted by Crippen LogP contribution is 2.25. The van der Waals surface area contributed by atoms with E-state index in [0.29, 0.717) is 36.0 Å².